The summed E-state index contributed by atoms with van der Waals surface area (Å²) in [5.74, 6) is -0.182. The average molecular weight is 290 g/mol. The Balaban J connectivity index is 2.45. The van der Waals surface area contributed by atoms with Crippen molar-refractivity contribution in [3.8, 4) is 0 Å². The van der Waals surface area contributed by atoms with E-state index in [1.54, 1.807) is 46.1 Å². The van der Waals surface area contributed by atoms with Crippen LogP contribution < -0.4 is 5.43 Å². The van der Waals surface area contributed by atoms with Crippen LogP contribution in [0.4, 0.5) is 4.79 Å². The molecule has 0 bridgehead atoms. The zero-order valence-corrected chi connectivity index (χ0v) is 12.5. The number of fused-ring (bicyclic) bond motifs is 1. The van der Waals surface area contributed by atoms with Crippen molar-refractivity contribution in [2.24, 2.45) is 0 Å². The third-order valence-corrected chi connectivity index (χ3v) is 2.70. The SMILES string of the molecule is CC(C)OC(=O)Nn1c(C(=O)N(C)C)nc2ccccc21. The van der Waals surface area contributed by atoms with Gasteiger partial charge in [0, 0.05) is 14.1 Å². The van der Waals surface area contributed by atoms with Gasteiger partial charge in [-0.25, -0.2) is 19.9 Å². The van der Waals surface area contributed by atoms with Crippen molar-refractivity contribution < 1.29 is 14.3 Å². The van der Waals surface area contributed by atoms with Crippen molar-refractivity contribution >= 4 is 23.0 Å². The van der Waals surface area contributed by atoms with Crippen molar-refractivity contribution in [2.45, 2.75) is 20.0 Å². The average Bonchev–Trinajstić information content (AvgIpc) is 2.76. The van der Waals surface area contributed by atoms with E-state index in [4.69, 9.17) is 4.74 Å². The Kier molecular flexibility index (Phi) is 4.11. The van der Waals surface area contributed by atoms with Gasteiger partial charge in [-0.05, 0) is 26.0 Å². The number of benzene rings is 1. The fraction of sp³-hybridized carbons (Fsp3) is 0.357. The lowest BCUT2D eigenvalue weighted by Crippen LogP contribution is -2.32. The molecule has 7 heteroatoms. The van der Waals surface area contributed by atoms with Crippen molar-refractivity contribution in [1.29, 1.82) is 0 Å². The van der Waals surface area contributed by atoms with E-state index in [-0.39, 0.29) is 17.8 Å². The predicted molar refractivity (Wildman–Crippen MR) is 78.7 cm³/mol. The van der Waals surface area contributed by atoms with Crippen molar-refractivity contribution in [2.75, 3.05) is 19.5 Å². The molecule has 2 aromatic rings. The van der Waals surface area contributed by atoms with E-state index >= 15 is 0 Å². The van der Waals surface area contributed by atoms with Gasteiger partial charge in [-0.1, -0.05) is 12.1 Å². The molecule has 1 aromatic heterocycles. The van der Waals surface area contributed by atoms with Crippen molar-refractivity contribution in [3.63, 3.8) is 0 Å². The van der Waals surface area contributed by atoms with E-state index in [0.717, 1.165) is 0 Å². The Morgan fingerprint density at radius 1 is 1.29 bits per heavy atom. The third kappa shape index (κ3) is 3.13. The Bertz CT molecular complexity index is 676. The number of hydrogen-bond donors (Lipinski definition) is 1. The molecule has 1 heterocycles. The van der Waals surface area contributed by atoms with Gasteiger partial charge in [0.25, 0.3) is 5.91 Å². The summed E-state index contributed by atoms with van der Waals surface area (Å²) in [4.78, 5) is 29.7. The van der Waals surface area contributed by atoms with Crippen LogP contribution in [0, 0.1) is 0 Å². The molecule has 0 aliphatic heterocycles. The van der Waals surface area contributed by atoms with E-state index in [1.165, 1.54) is 9.58 Å². The Morgan fingerprint density at radius 3 is 2.57 bits per heavy atom. The van der Waals surface area contributed by atoms with E-state index in [0.29, 0.717) is 11.0 Å². The summed E-state index contributed by atoms with van der Waals surface area (Å²) in [5.41, 5.74) is 3.79. The van der Waals surface area contributed by atoms with Crippen LogP contribution in [0.15, 0.2) is 24.3 Å². The molecular weight excluding hydrogens is 272 g/mol. The zero-order chi connectivity index (χ0) is 15.6. The first kappa shape index (κ1) is 14.8. The minimum Gasteiger partial charge on any atom is -0.446 e. The number of imidazole rings is 1. The number of carbonyl (C=O) groups excluding carboxylic acids is 2. The van der Waals surface area contributed by atoms with Gasteiger partial charge in [-0.2, -0.15) is 0 Å². The van der Waals surface area contributed by atoms with Crippen molar-refractivity contribution in [3.05, 3.63) is 30.1 Å². The molecule has 0 aliphatic rings. The number of nitrogens with zero attached hydrogens (tertiary/aromatic N) is 3. The molecule has 0 aliphatic carbocycles. The molecule has 2 rings (SSSR count). The van der Waals surface area contributed by atoms with Gasteiger partial charge in [0.1, 0.15) is 0 Å². The molecule has 7 nitrogen and oxygen atoms in total. The molecule has 1 N–H and O–H groups in total. The van der Waals surface area contributed by atoms with Gasteiger partial charge in [-0.15, -0.1) is 0 Å². The van der Waals surface area contributed by atoms with Crippen LogP contribution in [-0.2, 0) is 4.74 Å². The van der Waals surface area contributed by atoms with Crippen molar-refractivity contribution in [1.82, 2.24) is 14.6 Å². The number of hydrogen-bond acceptors (Lipinski definition) is 4. The largest absolute Gasteiger partial charge is 0.446 e. The quantitative estimate of drug-likeness (QED) is 0.935. The number of nitrogens with one attached hydrogen (secondary N) is 1. The molecule has 0 saturated carbocycles. The summed E-state index contributed by atoms with van der Waals surface area (Å²) in [7, 11) is 3.25. The topological polar surface area (TPSA) is 76.5 Å². The molecule has 21 heavy (non-hydrogen) atoms. The minimum atomic E-state index is -0.638. The molecule has 0 radical (unpaired) electrons. The van der Waals surface area contributed by atoms with Gasteiger partial charge in [0.2, 0.25) is 5.82 Å². The minimum absolute atomic E-state index is 0.127. The standard InChI is InChI=1S/C14H18N4O3/c1-9(2)21-14(20)16-18-11-8-6-5-7-10(11)15-12(18)13(19)17(3)4/h5-9H,1-4H3,(H,16,20). The van der Waals surface area contributed by atoms with Gasteiger partial charge < -0.3 is 9.64 Å². The van der Waals surface area contributed by atoms with Crippen LogP contribution in [0.5, 0.6) is 0 Å². The van der Waals surface area contributed by atoms with Gasteiger partial charge in [0.15, 0.2) is 0 Å². The summed E-state index contributed by atoms with van der Waals surface area (Å²) < 4.78 is 6.39. The first-order valence-corrected chi connectivity index (χ1v) is 6.57. The fourth-order valence-corrected chi connectivity index (χ4v) is 1.81. The Labute approximate surface area is 122 Å². The van der Waals surface area contributed by atoms with Crippen LogP contribution in [0.3, 0.4) is 0 Å². The van der Waals surface area contributed by atoms with Gasteiger partial charge in [-0.3, -0.25) is 4.79 Å². The first-order chi connectivity index (χ1) is 9.90. The molecular formula is C14H18N4O3. The number of carbonyl (C=O) groups is 2. The molecule has 112 valence electrons. The number of amides is 2. The summed E-state index contributed by atoms with van der Waals surface area (Å²) in [6, 6.07) is 7.16. The number of rotatable bonds is 3. The second-order valence-corrected chi connectivity index (χ2v) is 5.02. The van der Waals surface area contributed by atoms with Crippen LogP contribution in [0.1, 0.15) is 24.5 Å². The molecule has 0 saturated heterocycles. The van der Waals surface area contributed by atoms with Gasteiger partial charge in [0.05, 0.1) is 17.1 Å². The van der Waals surface area contributed by atoms with E-state index in [1.807, 2.05) is 6.07 Å². The van der Waals surface area contributed by atoms with Gasteiger partial charge >= 0.3 is 6.09 Å². The van der Waals surface area contributed by atoms with Crippen LogP contribution >= 0.6 is 0 Å². The monoisotopic (exact) mass is 290 g/mol. The molecule has 0 fully saturated rings. The second-order valence-electron chi connectivity index (χ2n) is 5.02. The Morgan fingerprint density at radius 2 is 1.95 bits per heavy atom. The highest BCUT2D eigenvalue weighted by molar-refractivity contribution is 5.96. The van der Waals surface area contributed by atoms with Crippen LogP contribution in [0.2, 0.25) is 0 Å². The van der Waals surface area contributed by atoms with E-state index in [2.05, 4.69) is 10.4 Å². The summed E-state index contributed by atoms with van der Waals surface area (Å²) in [5, 5.41) is 0. The molecule has 2 amide bonds. The fourth-order valence-electron chi connectivity index (χ4n) is 1.81. The van der Waals surface area contributed by atoms with Crippen LogP contribution in [-0.4, -0.2) is 46.8 Å². The maximum absolute atomic E-state index is 12.2. The molecule has 0 unspecified atom stereocenters. The number of ether oxygens (including phenoxy) is 1. The third-order valence-electron chi connectivity index (χ3n) is 2.70. The smallest absolute Gasteiger partial charge is 0.426 e. The predicted octanol–water partition coefficient (Wildman–Crippen LogP) is 1.83. The Hall–Kier alpha value is -2.57. The van der Waals surface area contributed by atoms with Crippen LogP contribution in [0.25, 0.3) is 11.0 Å². The summed E-state index contributed by atoms with van der Waals surface area (Å²) in [6.45, 7) is 3.50. The molecule has 0 spiro atoms. The lowest BCUT2D eigenvalue weighted by Gasteiger charge is -2.14. The van der Waals surface area contributed by atoms with E-state index in [9.17, 15) is 9.59 Å². The maximum atomic E-state index is 12.2. The molecule has 1 aromatic carbocycles. The number of aromatic nitrogens is 2. The molecule has 0 atom stereocenters. The second kappa shape index (κ2) is 5.82. The highest BCUT2D eigenvalue weighted by Crippen LogP contribution is 2.15. The van der Waals surface area contributed by atoms with E-state index < -0.39 is 6.09 Å². The highest BCUT2D eigenvalue weighted by Gasteiger charge is 2.21. The lowest BCUT2D eigenvalue weighted by molar-refractivity contribution is 0.0813. The number of para-hydroxylation sites is 2. The maximum Gasteiger partial charge on any atom is 0.426 e. The highest BCUT2D eigenvalue weighted by atomic mass is 16.6. The lowest BCUT2D eigenvalue weighted by atomic mass is 10.3. The zero-order valence-electron chi connectivity index (χ0n) is 12.5. The normalized spacial score (nSPS) is 10.7. The summed E-state index contributed by atoms with van der Waals surface area (Å²) in [6.07, 6.45) is -0.895. The summed E-state index contributed by atoms with van der Waals surface area (Å²) >= 11 is 0. The first-order valence-electron chi connectivity index (χ1n) is 6.57.